The monoisotopic (exact) mass is 550 g/mol. The minimum Gasteiger partial charge on any atom is -0.483 e. The van der Waals surface area contributed by atoms with E-state index in [0.717, 1.165) is 26.7 Å². The molecule has 0 aliphatic rings. The molecule has 3 rings (SSSR count). The van der Waals surface area contributed by atoms with Gasteiger partial charge in [-0.3, -0.25) is 9.59 Å². The Morgan fingerprint density at radius 1 is 0.944 bits per heavy atom. The summed E-state index contributed by atoms with van der Waals surface area (Å²) in [6.07, 6.45) is 0.413. The highest BCUT2D eigenvalue weighted by Crippen LogP contribution is 2.21. The van der Waals surface area contributed by atoms with Gasteiger partial charge in [0.1, 0.15) is 11.8 Å². The first-order valence-corrected chi connectivity index (χ1v) is 13.1. The average Bonchev–Trinajstić information content (AvgIpc) is 2.86. The van der Waals surface area contributed by atoms with E-state index in [1.165, 1.54) is 0 Å². The lowest BCUT2D eigenvalue weighted by molar-refractivity contribution is -0.142. The fourth-order valence-electron chi connectivity index (χ4n) is 3.85. The molecule has 0 aliphatic heterocycles. The van der Waals surface area contributed by atoms with Crippen LogP contribution in [0.2, 0.25) is 0 Å². The predicted molar refractivity (Wildman–Crippen MR) is 148 cm³/mol. The van der Waals surface area contributed by atoms with E-state index in [1.54, 1.807) is 4.90 Å². The molecule has 0 aliphatic carbocycles. The van der Waals surface area contributed by atoms with Crippen molar-refractivity contribution in [1.82, 2.24) is 10.2 Å². The van der Waals surface area contributed by atoms with Gasteiger partial charge >= 0.3 is 0 Å². The lowest BCUT2D eigenvalue weighted by atomic mass is 10.0. The first-order valence-electron chi connectivity index (χ1n) is 12.3. The van der Waals surface area contributed by atoms with Gasteiger partial charge in [-0.05, 0) is 60.2 Å². The molecule has 36 heavy (non-hydrogen) atoms. The summed E-state index contributed by atoms with van der Waals surface area (Å²) in [5, 5.41) is 3.04. The fourth-order valence-corrected chi connectivity index (χ4v) is 4.11. The Labute approximate surface area is 223 Å². The maximum Gasteiger partial charge on any atom is 0.261 e. The smallest absolute Gasteiger partial charge is 0.261 e. The van der Waals surface area contributed by atoms with Crippen LogP contribution in [0.4, 0.5) is 0 Å². The van der Waals surface area contributed by atoms with E-state index in [1.807, 2.05) is 86.6 Å². The molecule has 0 heterocycles. The summed E-state index contributed by atoms with van der Waals surface area (Å²) in [6, 6.07) is 22.9. The largest absolute Gasteiger partial charge is 0.483 e. The second-order valence-corrected chi connectivity index (χ2v) is 10.5. The van der Waals surface area contributed by atoms with Gasteiger partial charge in [-0.2, -0.15) is 0 Å². The quantitative estimate of drug-likeness (QED) is 0.325. The lowest BCUT2D eigenvalue weighted by Gasteiger charge is -2.32. The van der Waals surface area contributed by atoms with E-state index in [-0.39, 0.29) is 18.4 Å². The van der Waals surface area contributed by atoms with Crippen molar-refractivity contribution < 1.29 is 14.3 Å². The molecule has 0 saturated heterocycles. The molecule has 0 saturated carbocycles. The van der Waals surface area contributed by atoms with Crippen LogP contribution in [0.3, 0.4) is 0 Å². The van der Waals surface area contributed by atoms with Gasteiger partial charge in [0.2, 0.25) is 5.91 Å². The second-order valence-electron chi connectivity index (χ2n) is 9.55. The minimum absolute atomic E-state index is 0.149. The predicted octanol–water partition coefficient (Wildman–Crippen LogP) is 5.86. The zero-order valence-corrected chi connectivity index (χ0v) is 23.0. The highest BCUT2D eigenvalue weighted by molar-refractivity contribution is 9.10. The SMILES string of the molecule is Cc1ccc(C)c(OCC(=O)N(Cc2ccc(Br)cc2)[C@@H](Cc2ccccc2)C(=O)NCC(C)C)c1. The van der Waals surface area contributed by atoms with E-state index in [2.05, 4.69) is 35.1 Å². The van der Waals surface area contributed by atoms with E-state index in [4.69, 9.17) is 4.74 Å². The highest BCUT2D eigenvalue weighted by atomic mass is 79.9. The minimum atomic E-state index is -0.676. The maximum absolute atomic E-state index is 13.7. The Morgan fingerprint density at radius 2 is 1.64 bits per heavy atom. The number of hydrogen-bond donors (Lipinski definition) is 1. The third-order valence-corrected chi connectivity index (χ3v) is 6.45. The van der Waals surface area contributed by atoms with E-state index in [9.17, 15) is 9.59 Å². The third-order valence-electron chi connectivity index (χ3n) is 5.92. The summed E-state index contributed by atoms with van der Waals surface area (Å²) in [4.78, 5) is 28.8. The topological polar surface area (TPSA) is 58.6 Å². The van der Waals surface area contributed by atoms with Crippen molar-refractivity contribution in [2.75, 3.05) is 13.2 Å². The van der Waals surface area contributed by atoms with Crippen LogP contribution in [0.25, 0.3) is 0 Å². The molecule has 1 N–H and O–H groups in total. The van der Waals surface area contributed by atoms with E-state index >= 15 is 0 Å². The number of aryl methyl sites for hydroxylation is 2. The molecular formula is C30H35BrN2O3. The number of rotatable bonds is 11. The third kappa shape index (κ3) is 8.23. The highest BCUT2D eigenvalue weighted by Gasteiger charge is 2.30. The van der Waals surface area contributed by atoms with Gasteiger partial charge in [0, 0.05) is 24.0 Å². The number of amides is 2. The number of carbonyl (C=O) groups excluding carboxylic acids is 2. The molecule has 2 amide bonds. The molecule has 3 aromatic carbocycles. The molecule has 1 atom stereocenters. The van der Waals surface area contributed by atoms with E-state index < -0.39 is 6.04 Å². The molecule has 5 nitrogen and oxygen atoms in total. The lowest BCUT2D eigenvalue weighted by Crippen LogP contribution is -2.52. The zero-order chi connectivity index (χ0) is 26.1. The Kier molecular flexibility index (Phi) is 10.1. The van der Waals surface area contributed by atoms with Crippen molar-refractivity contribution in [1.29, 1.82) is 0 Å². The Bertz CT molecular complexity index is 1150. The number of benzene rings is 3. The molecule has 6 heteroatoms. The van der Waals surface area contributed by atoms with Crippen LogP contribution in [0.15, 0.2) is 77.3 Å². The second kappa shape index (κ2) is 13.3. The van der Waals surface area contributed by atoms with Crippen LogP contribution >= 0.6 is 15.9 Å². The number of halogens is 1. The summed E-state index contributed by atoms with van der Waals surface area (Å²) in [7, 11) is 0. The molecule has 0 radical (unpaired) electrons. The number of nitrogens with one attached hydrogen (secondary N) is 1. The van der Waals surface area contributed by atoms with Crippen molar-refractivity contribution in [3.63, 3.8) is 0 Å². The molecule has 190 valence electrons. The number of carbonyl (C=O) groups is 2. The van der Waals surface area contributed by atoms with Gasteiger partial charge in [-0.25, -0.2) is 0 Å². The molecule has 0 aromatic heterocycles. The molecule has 3 aromatic rings. The number of ether oxygens (including phenoxy) is 1. The molecule has 0 spiro atoms. The molecule has 0 unspecified atom stereocenters. The first-order chi connectivity index (χ1) is 17.2. The summed E-state index contributed by atoms with van der Waals surface area (Å²) in [5.74, 6) is 0.578. The van der Waals surface area contributed by atoms with Crippen molar-refractivity contribution in [3.05, 3.63) is 99.5 Å². The van der Waals surface area contributed by atoms with Gasteiger partial charge in [-0.1, -0.05) is 84.4 Å². The summed E-state index contributed by atoms with van der Waals surface area (Å²) in [5.41, 5.74) is 3.95. The Morgan fingerprint density at radius 3 is 2.31 bits per heavy atom. The van der Waals surface area contributed by atoms with Crippen LogP contribution in [-0.4, -0.2) is 35.9 Å². The standard InChI is InChI=1S/C30H35BrN2O3/c1-21(2)18-32-30(35)27(17-24-8-6-5-7-9-24)33(19-25-12-14-26(31)15-13-25)29(34)20-36-28-16-22(3)10-11-23(28)4/h5-16,21,27H,17-20H2,1-4H3,(H,32,35)/t27-/m0/s1. The summed E-state index contributed by atoms with van der Waals surface area (Å²) >= 11 is 3.47. The summed E-state index contributed by atoms with van der Waals surface area (Å²) in [6.45, 7) is 8.74. The first kappa shape index (κ1) is 27.5. The van der Waals surface area contributed by atoms with Gasteiger partial charge in [0.15, 0.2) is 6.61 Å². The number of nitrogens with zero attached hydrogens (tertiary/aromatic N) is 1. The van der Waals surface area contributed by atoms with Crippen molar-refractivity contribution in [3.8, 4) is 5.75 Å². The normalized spacial score (nSPS) is 11.7. The van der Waals surface area contributed by atoms with Gasteiger partial charge < -0.3 is 15.0 Å². The Balaban J connectivity index is 1.91. The van der Waals surface area contributed by atoms with Crippen LogP contribution in [0.5, 0.6) is 5.75 Å². The van der Waals surface area contributed by atoms with Crippen molar-refractivity contribution >= 4 is 27.7 Å². The van der Waals surface area contributed by atoms with Crippen molar-refractivity contribution in [2.24, 2.45) is 5.92 Å². The van der Waals surface area contributed by atoms with Crippen molar-refractivity contribution in [2.45, 2.75) is 46.7 Å². The average molecular weight is 552 g/mol. The zero-order valence-electron chi connectivity index (χ0n) is 21.5. The molecule has 0 bridgehead atoms. The fraction of sp³-hybridized carbons (Fsp3) is 0.333. The van der Waals surface area contributed by atoms with Gasteiger partial charge in [0.25, 0.3) is 5.91 Å². The van der Waals surface area contributed by atoms with Crippen LogP contribution in [0.1, 0.15) is 36.1 Å². The summed E-state index contributed by atoms with van der Waals surface area (Å²) < 4.78 is 6.92. The Hall–Kier alpha value is -3.12. The van der Waals surface area contributed by atoms with Crippen LogP contribution in [-0.2, 0) is 22.6 Å². The maximum atomic E-state index is 13.7. The van der Waals surface area contributed by atoms with Crippen LogP contribution < -0.4 is 10.1 Å². The number of hydrogen-bond acceptors (Lipinski definition) is 3. The van der Waals surface area contributed by atoms with Gasteiger partial charge in [-0.15, -0.1) is 0 Å². The van der Waals surface area contributed by atoms with Gasteiger partial charge in [0.05, 0.1) is 0 Å². The molecular weight excluding hydrogens is 516 g/mol. The van der Waals surface area contributed by atoms with Crippen LogP contribution in [0, 0.1) is 19.8 Å². The van der Waals surface area contributed by atoms with E-state index in [0.29, 0.717) is 31.2 Å². The molecule has 0 fully saturated rings.